The van der Waals surface area contributed by atoms with Crippen molar-refractivity contribution in [1.82, 2.24) is 9.88 Å². The molecule has 0 saturated heterocycles. The Balaban J connectivity index is 2.11. The van der Waals surface area contributed by atoms with E-state index >= 15 is 0 Å². The second kappa shape index (κ2) is 7.70. The van der Waals surface area contributed by atoms with Crippen molar-refractivity contribution in [2.24, 2.45) is 0 Å². The van der Waals surface area contributed by atoms with Gasteiger partial charge in [0.15, 0.2) is 0 Å². The number of carbonyl (C=O) groups is 2. The Bertz CT molecular complexity index is 715. The highest BCUT2D eigenvalue weighted by Crippen LogP contribution is 2.26. The molecule has 0 atom stereocenters. The van der Waals surface area contributed by atoms with Gasteiger partial charge in [0.05, 0.1) is 12.1 Å². The lowest BCUT2D eigenvalue weighted by molar-refractivity contribution is -0.145. The van der Waals surface area contributed by atoms with E-state index in [2.05, 4.69) is 20.9 Å². The third-order valence-corrected chi connectivity index (χ3v) is 4.64. The van der Waals surface area contributed by atoms with E-state index in [-0.39, 0.29) is 24.9 Å². The molecule has 2 rings (SSSR count). The molecule has 0 fully saturated rings. The summed E-state index contributed by atoms with van der Waals surface area (Å²) in [5.74, 6) is -1.24. The number of aromatic nitrogens is 1. The minimum atomic E-state index is -1.01. The maximum Gasteiger partial charge on any atom is 0.323 e. The average molecular weight is 397 g/mol. The van der Waals surface area contributed by atoms with Crippen molar-refractivity contribution in [1.29, 1.82) is 0 Å². The Hall–Kier alpha value is -1.73. The lowest BCUT2D eigenvalue weighted by Gasteiger charge is -2.24. The zero-order valence-corrected chi connectivity index (χ0v) is 15.2. The maximum atomic E-state index is 12.3. The van der Waals surface area contributed by atoms with Crippen LogP contribution in [0.4, 0.5) is 0 Å². The van der Waals surface area contributed by atoms with Gasteiger partial charge in [-0.15, -0.1) is 11.3 Å². The summed E-state index contributed by atoms with van der Waals surface area (Å²) in [4.78, 5) is 29.0. The fraction of sp³-hybridized carbons (Fsp3) is 0.312. The van der Waals surface area contributed by atoms with E-state index in [1.54, 1.807) is 13.8 Å². The lowest BCUT2D eigenvalue weighted by Crippen LogP contribution is -2.41. The minimum absolute atomic E-state index is 0.107. The van der Waals surface area contributed by atoms with Crippen molar-refractivity contribution in [2.45, 2.75) is 26.3 Å². The molecule has 1 aromatic heterocycles. The molecular weight excluding hydrogens is 380 g/mol. The molecule has 0 spiro atoms. The van der Waals surface area contributed by atoms with Crippen LogP contribution in [0.15, 0.2) is 34.1 Å². The van der Waals surface area contributed by atoms with Gasteiger partial charge in [0.25, 0.3) is 0 Å². The van der Waals surface area contributed by atoms with Crippen LogP contribution in [-0.2, 0) is 16.0 Å². The summed E-state index contributed by atoms with van der Waals surface area (Å²) in [5, 5.41) is 11.6. The fourth-order valence-electron chi connectivity index (χ4n) is 2.10. The summed E-state index contributed by atoms with van der Waals surface area (Å²) in [6, 6.07) is 7.63. The zero-order valence-electron chi connectivity index (χ0n) is 12.8. The highest BCUT2D eigenvalue weighted by molar-refractivity contribution is 9.10. The van der Waals surface area contributed by atoms with Gasteiger partial charge in [-0.1, -0.05) is 28.1 Å². The molecule has 122 valence electrons. The number of hydrogen-bond donors (Lipinski definition) is 1. The summed E-state index contributed by atoms with van der Waals surface area (Å²) >= 11 is 4.89. The first-order chi connectivity index (χ1) is 10.9. The van der Waals surface area contributed by atoms with Gasteiger partial charge in [-0.25, -0.2) is 4.98 Å². The minimum Gasteiger partial charge on any atom is -0.480 e. The Morgan fingerprint density at radius 2 is 2.13 bits per heavy atom. The zero-order chi connectivity index (χ0) is 17.0. The lowest BCUT2D eigenvalue weighted by atomic mass is 10.2. The van der Waals surface area contributed by atoms with Gasteiger partial charge in [0.2, 0.25) is 5.91 Å². The molecule has 1 amide bonds. The van der Waals surface area contributed by atoms with Gasteiger partial charge in [0.1, 0.15) is 11.6 Å². The van der Waals surface area contributed by atoms with Crippen molar-refractivity contribution >= 4 is 39.1 Å². The molecule has 0 aliphatic carbocycles. The van der Waals surface area contributed by atoms with E-state index < -0.39 is 5.97 Å². The molecule has 0 radical (unpaired) electrons. The number of hydrogen-bond acceptors (Lipinski definition) is 4. The molecule has 1 aromatic carbocycles. The largest absolute Gasteiger partial charge is 0.480 e. The van der Waals surface area contributed by atoms with Crippen molar-refractivity contribution in [3.8, 4) is 10.6 Å². The molecule has 1 N–H and O–H groups in total. The van der Waals surface area contributed by atoms with Crippen molar-refractivity contribution in [2.75, 3.05) is 6.54 Å². The van der Waals surface area contributed by atoms with E-state index in [9.17, 15) is 9.59 Å². The van der Waals surface area contributed by atoms with Crippen molar-refractivity contribution in [3.63, 3.8) is 0 Å². The SMILES string of the molecule is CC(C)N(CC(=O)O)C(=O)Cc1csc(-c2cccc(Br)c2)n1. The standard InChI is InChI=1S/C16H17BrN2O3S/c1-10(2)19(8-15(21)22)14(20)7-13-9-23-16(18-13)11-4-3-5-12(17)6-11/h3-6,9-10H,7-8H2,1-2H3,(H,21,22). The molecular formula is C16H17BrN2O3S. The normalized spacial score (nSPS) is 10.8. The van der Waals surface area contributed by atoms with Gasteiger partial charge in [-0.3, -0.25) is 9.59 Å². The molecule has 0 aliphatic heterocycles. The molecule has 2 aromatic rings. The number of amides is 1. The second-order valence-electron chi connectivity index (χ2n) is 5.34. The number of carboxylic acids is 1. The fourth-order valence-corrected chi connectivity index (χ4v) is 3.32. The van der Waals surface area contributed by atoms with Crippen LogP contribution in [0.2, 0.25) is 0 Å². The van der Waals surface area contributed by atoms with Crippen LogP contribution in [0.1, 0.15) is 19.5 Å². The molecule has 0 aliphatic rings. The van der Waals surface area contributed by atoms with E-state index in [0.29, 0.717) is 5.69 Å². The van der Waals surface area contributed by atoms with Gasteiger partial charge in [-0.2, -0.15) is 0 Å². The summed E-state index contributed by atoms with van der Waals surface area (Å²) in [6.07, 6.45) is 0.107. The maximum absolute atomic E-state index is 12.3. The molecule has 0 bridgehead atoms. The Kier molecular flexibility index (Phi) is 5.90. The van der Waals surface area contributed by atoms with Crippen molar-refractivity contribution in [3.05, 3.63) is 39.8 Å². The third-order valence-electron chi connectivity index (χ3n) is 3.20. The van der Waals surface area contributed by atoms with E-state index in [1.165, 1.54) is 16.2 Å². The summed E-state index contributed by atoms with van der Waals surface area (Å²) in [6.45, 7) is 3.31. The molecule has 1 heterocycles. The van der Waals surface area contributed by atoms with Crippen LogP contribution in [-0.4, -0.2) is 39.5 Å². The Labute approximate surface area is 147 Å². The topological polar surface area (TPSA) is 70.5 Å². The number of halogens is 1. The molecule has 7 heteroatoms. The summed E-state index contributed by atoms with van der Waals surface area (Å²) < 4.78 is 0.968. The first kappa shape index (κ1) is 17.6. The number of carboxylic acid groups (broad SMARTS) is 1. The van der Waals surface area contributed by atoms with E-state index in [4.69, 9.17) is 5.11 Å². The number of nitrogens with zero attached hydrogens (tertiary/aromatic N) is 2. The van der Waals surface area contributed by atoms with Gasteiger partial charge >= 0.3 is 5.97 Å². The highest BCUT2D eigenvalue weighted by Gasteiger charge is 2.21. The number of carbonyl (C=O) groups excluding carboxylic acids is 1. The van der Waals surface area contributed by atoms with Crippen LogP contribution < -0.4 is 0 Å². The van der Waals surface area contributed by atoms with E-state index in [1.807, 2.05) is 29.6 Å². The van der Waals surface area contributed by atoms with Crippen LogP contribution in [0.25, 0.3) is 10.6 Å². The number of rotatable bonds is 6. The predicted octanol–water partition coefficient (Wildman–Crippen LogP) is 3.44. The average Bonchev–Trinajstić information content (AvgIpc) is 2.92. The van der Waals surface area contributed by atoms with Crippen LogP contribution >= 0.6 is 27.3 Å². The first-order valence-corrected chi connectivity index (χ1v) is 8.75. The molecule has 0 unspecified atom stereocenters. The van der Waals surface area contributed by atoms with Gasteiger partial charge in [-0.05, 0) is 26.0 Å². The number of thiazole rings is 1. The van der Waals surface area contributed by atoms with Gasteiger partial charge in [0, 0.05) is 21.5 Å². The number of aliphatic carboxylic acids is 1. The smallest absolute Gasteiger partial charge is 0.323 e. The number of benzene rings is 1. The van der Waals surface area contributed by atoms with Crippen LogP contribution in [0, 0.1) is 0 Å². The summed E-state index contributed by atoms with van der Waals surface area (Å²) in [5.41, 5.74) is 1.64. The van der Waals surface area contributed by atoms with Gasteiger partial charge < -0.3 is 10.0 Å². The van der Waals surface area contributed by atoms with Crippen LogP contribution in [0.3, 0.4) is 0 Å². The predicted molar refractivity (Wildman–Crippen MR) is 93.4 cm³/mol. The van der Waals surface area contributed by atoms with Crippen LogP contribution in [0.5, 0.6) is 0 Å². The second-order valence-corrected chi connectivity index (χ2v) is 7.11. The first-order valence-electron chi connectivity index (χ1n) is 7.08. The van der Waals surface area contributed by atoms with Crippen molar-refractivity contribution < 1.29 is 14.7 Å². The molecule has 23 heavy (non-hydrogen) atoms. The Morgan fingerprint density at radius 1 is 1.39 bits per heavy atom. The third kappa shape index (κ3) is 4.87. The summed E-state index contributed by atoms with van der Waals surface area (Å²) in [7, 11) is 0. The Morgan fingerprint density at radius 3 is 2.74 bits per heavy atom. The highest BCUT2D eigenvalue weighted by atomic mass is 79.9. The van der Waals surface area contributed by atoms with E-state index in [0.717, 1.165) is 15.0 Å². The molecule has 5 nitrogen and oxygen atoms in total. The quantitative estimate of drug-likeness (QED) is 0.811. The molecule has 0 saturated carbocycles. The monoisotopic (exact) mass is 396 g/mol.